The van der Waals surface area contributed by atoms with Gasteiger partial charge in [-0.05, 0) is 26.7 Å². The second kappa shape index (κ2) is 7.34. The molecule has 1 aromatic heterocycles. The van der Waals surface area contributed by atoms with Crippen LogP contribution >= 0.6 is 0 Å². The zero-order valence-corrected chi connectivity index (χ0v) is 14.5. The largest absolute Gasteiger partial charge is 0.361 e. The summed E-state index contributed by atoms with van der Waals surface area (Å²) in [4.78, 5) is 28.6. The van der Waals surface area contributed by atoms with Gasteiger partial charge in [0.25, 0.3) is 0 Å². The SMILES string of the molecule is Cc1noc(C)c1CNC(=O)C(=O)N1CCN(C2CCCC2)CC1. The number of nitrogens with one attached hydrogen (secondary N) is 1. The van der Waals surface area contributed by atoms with Gasteiger partial charge >= 0.3 is 11.8 Å². The summed E-state index contributed by atoms with van der Waals surface area (Å²) in [5.41, 5.74) is 1.58. The van der Waals surface area contributed by atoms with Crippen molar-refractivity contribution in [2.45, 2.75) is 52.1 Å². The standard InChI is InChI=1S/C17H26N4O3/c1-12-15(13(2)24-19-12)11-18-16(22)17(23)21-9-7-20(8-10-21)14-5-3-4-6-14/h14H,3-11H2,1-2H3,(H,18,22). The van der Waals surface area contributed by atoms with E-state index in [4.69, 9.17) is 4.52 Å². The maximum atomic E-state index is 12.3. The van der Waals surface area contributed by atoms with Crippen molar-refractivity contribution in [3.05, 3.63) is 17.0 Å². The molecule has 2 fully saturated rings. The number of piperazine rings is 1. The molecular formula is C17H26N4O3. The summed E-state index contributed by atoms with van der Waals surface area (Å²) >= 11 is 0. The third-order valence-electron chi connectivity index (χ3n) is 5.24. The molecule has 1 aromatic rings. The van der Waals surface area contributed by atoms with Gasteiger partial charge in [0.2, 0.25) is 0 Å². The molecule has 3 rings (SSSR count). The van der Waals surface area contributed by atoms with Crippen molar-refractivity contribution in [2.24, 2.45) is 0 Å². The first-order valence-corrected chi connectivity index (χ1v) is 8.79. The van der Waals surface area contributed by atoms with Crippen molar-refractivity contribution < 1.29 is 14.1 Å². The van der Waals surface area contributed by atoms with Crippen LogP contribution in [0.15, 0.2) is 4.52 Å². The zero-order chi connectivity index (χ0) is 17.1. The average molecular weight is 334 g/mol. The van der Waals surface area contributed by atoms with Crippen LogP contribution in [-0.4, -0.2) is 59.0 Å². The molecule has 132 valence electrons. The minimum absolute atomic E-state index is 0.272. The predicted octanol–water partition coefficient (Wildman–Crippen LogP) is 0.994. The van der Waals surface area contributed by atoms with Gasteiger partial charge in [0.05, 0.1) is 5.69 Å². The lowest BCUT2D eigenvalue weighted by Crippen LogP contribution is -2.54. The van der Waals surface area contributed by atoms with Gasteiger partial charge in [-0.25, -0.2) is 0 Å². The van der Waals surface area contributed by atoms with Crippen LogP contribution in [0.1, 0.15) is 42.7 Å². The topological polar surface area (TPSA) is 78.7 Å². The Morgan fingerprint density at radius 1 is 1.17 bits per heavy atom. The summed E-state index contributed by atoms with van der Waals surface area (Å²) in [5.74, 6) is -0.317. The van der Waals surface area contributed by atoms with E-state index in [1.54, 1.807) is 11.8 Å². The highest BCUT2D eigenvalue weighted by Crippen LogP contribution is 2.24. The Hall–Kier alpha value is -1.89. The van der Waals surface area contributed by atoms with E-state index < -0.39 is 11.8 Å². The summed E-state index contributed by atoms with van der Waals surface area (Å²) in [7, 11) is 0. The number of aromatic nitrogens is 1. The molecule has 1 saturated heterocycles. The van der Waals surface area contributed by atoms with Gasteiger partial charge in [-0.1, -0.05) is 18.0 Å². The minimum Gasteiger partial charge on any atom is -0.361 e. The summed E-state index contributed by atoms with van der Waals surface area (Å²) in [6.07, 6.45) is 5.17. The minimum atomic E-state index is -0.552. The van der Waals surface area contributed by atoms with Gasteiger partial charge in [0.15, 0.2) is 0 Å². The lowest BCUT2D eigenvalue weighted by molar-refractivity contribution is -0.147. The number of hydrogen-bond acceptors (Lipinski definition) is 5. The second-order valence-corrected chi connectivity index (χ2v) is 6.75. The zero-order valence-electron chi connectivity index (χ0n) is 14.5. The number of rotatable bonds is 3. The Bertz CT molecular complexity index is 579. The summed E-state index contributed by atoms with van der Waals surface area (Å²) in [6, 6.07) is 0.676. The molecule has 24 heavy (non-hydrogen) atoms. The van der Waals surface area contributed by atoms with Crippen LogP contribution in [0.2, 0.25) is 0 Å². The molecule has 0 bridgehead atoms. The van der Waals surface area contributed by atoms with E-state index in [0.717, 1.165) is 24.3 Å². The van der Waals surface area contributed by atoms with Gasteiger partial charge < -0.3 is 14.7 Å². The van der Waals surface area contributed by atoms with E-state index in [1.165, 1.54) is 25.7 Å². The van der Waals surface area contributed by atoms with Crippen molar-refractivity contribution in [2.75, 3.05) is 26.2 Å². The van der Waals surface area contributed by atoms with Crippen LogP contribution in [-0.2, 0) is 16.1 Å². The van der Waals surface area contributed by atoms with Gasteiger partial charge in [-0.15, -0.1) is 0 Å². The third kappa shape index (κ3) is 3.61. The normalized spacial score (nSPS) is 19.7. The Labute approximate surface area is 142 Å². The maximum absolute atomic E-state index is 12.3. The molecule has 0 atom stereocenters. The Balaban J connectivity index is 1.47. The summed E-state index contributed by atoms with van der Waals surface area (Å²) in [6.45, 7) is 6.89. The maximum Gasteiger partial charge on any atom is 0.311 e. The van der Waals surface area contributed by atoms with Gasteiger partial charge in [-0.3, -0.25) is 14.5 Å². The lowest BCUT2D eigenvalue weighted by Gasteiger charge is -2.37. The molecule has 0 spiro atoms. The van der Waals surface area contributed by atoms with Crippen LogP contribution in [0.3, 0.4) is 0 Å². The Kier molecular flexibility index (Phi) is 5.18. The highest BCUT2D eigenvalue weighted by molar-refractivity contribution is 6.35. The molecule has 1 aliphatic heterocycles. The Morgan fingerprint density at radius 2 is 1.83 bits per heavy atom. The van der Waals surface area contributed by atoms with E-state index >= 15 is 0 Å². The van der Waals surface area contributed by atoms with Crippen LogP contribution in [0, 0.1) is 13.8 Å². The molecule has 2 amide bonds. The van der Waals surface area contributed by atoms with Crippen molar-refractivity contribution >= 4 is 11.8 Å². The van der Waals surface area contributed by atoms with Crippen molar-refractivity contribution in [1.29, 1.82) is 0 Å². The van der Waals surface area contributed by atoms with Crippen LogP contribution in [0.4, 0.5) is 0 Å². The molecule has 7 heteroatoms. The number of carbonyl (C=O) groups is 2. The Morgan fingerprint density at radius 3 is 2.42 bits per heavy atom. The van der Waals surface area contributed by atoms with Crippen LogP contribution in [0.25, 0.3) is 0 Å². The van der Waals surface area contributed by atoms with Gasteiger partial charge in [0.1, 0.15) is 5.76 Å². The third-order valence-corrected chi connectivity index (χ3v) is 5.24. The van der Waals surface area contributed by atoms with E-state index in [2.05, 4.69) is 15.4 Å². The molecule has 7 nitrogen and oxygen atoms in total. The van der Waals surface area contributed by atoms with Crippen molar-refractivity contribution in [3.63, 3.8) is 0 Å². The molecule has 2 heterocycles. The highest BCUT2D eigenvalue weighted by Gasteiger charge is 2.30. The van der Waals surface area contributed by atoms with E-state index in [9.17, 15) is 9.59 Å². The average Bonchev–Trinajstić information content (AvgIpc) is 3.23. The van der Waals surface area contributed by atoms with Crippen molar-refractivity contribution in [1.82, 2.24) is 20.3 Å². The quantitative estimate of drug-likeness (QED) is 0.834. The van der Waals surface area contributed by atoms with Crippen LogP contribution < -0.4 is 5.32 Å². The first-order valence-electron chi connectivity index (χ1n) is 8.79. The first kappa shape index (κ1) is 17.0. The fourth-order valence-corrected chi connectivity index (χ4v) is 3.70. The van der Waals surface area contributed by atoms with E-state index in [1.807, 2.05) is 6.92 Å². The molecule has 0 radical (unpaired) electrons. The number of nitrogens with zero attached hydrogens (tertiary/aromatic N) is 3. The number of amides is 2. The first-order chi connectivity index (χ1) is 11.6. The number of carbonyl (C=O) groups excluding carboxylic acids is 2. The summed E-state index contributed by atoms with van der Waals surface area (Å²) in [5, 5.41) is 6.53. The molecule has 0 aromatic carbocycles. The van der Waals surface area contributed by atoms with E-state index in [-0.39, 0.29) is 6.54 Å². The summed E-state index contributed by atoms with van der Waals surface area (Å²) < 4.78 is 5.06. The lowest BCUT2D eigenvalue weighted by atomic mass is 10.2. The van der Waals surface area contributed by atoms with Crippen molar-refractivity contribution in [3.8, 4) is 0 Å². The second-order valence-electron chi connectivity index (χ2n) is 6.75. The van der Waals surface area contributed by atoms with Crippen LogP contribution in [0.5, 0.6) is 0 Å². The highest BCUT2D eigenvalue weighted by atomic mass is 16.5. The number of hydrogen-bond donors (Lipinski definition) is 1. The molecule has 0 unspecified atom stereocenters. The fourth-order valence-electron chi connectivity index (χ4n) is 3.70. The molecule has 1 aliphatic carbocycles. The van der Waals surface area contributed by atoms with Gasteiger partial charge in [0, 0.05) is 44.3 Å². The number of aryl methyl sites for hydroxylation is 2. The molecule has 1 N–H and O–H groups in total. The smallest absolute Gasteiger partial charge is 0.311 e. The predicted molar refractivity (Wildman–Crippen MR) is 88.2 cm³/mol. The van der Waals surface area contributed by atoms with Gasteiger partial charge in [-0.2, -0.15) is 0 Å². The van der Waals surface area contributed by atoms with E-state index in [0.29, 0.717) is 24.9 Å². The molecule has 1 saturated carbocycles. The molecule has 2 aliphatic rings. The fraction of sp³-hybridized carbons (Fsp3) is 0.706. The monoisotopic (exact) mass is 334 g/mol. The molecular weight excluding hydrogens is 308 g/mol.